The lowest BCUT2D eigenvalue weighted by Crippen LogP contribution is -2.42. The molecule has 4 heterocycles. The molecule has 164 valence electrons. The van der Waals surface area contributed by atoms with Crippen LogP contribution in [-0.4, -0.2) is 64.2 Å². The molecule has 31 heavy (non-hydrogen) atoms. The third-order valence-electron chi connectivity index (χ3n) is 5.58. The number of morpholine rings is 1. The number of pyridine rings is 2. The van der Waals surface area contributed by atoms with Crippen LogP contribution in [-0.2, 0) is 4.74 Å². The van der Waals surface area contributed by atoms with Crippen LogP contribution in [0, 0.1) is 12.3 Å². The van der Waals surface area contributed by atoms with Crippen LogP contribution in [0.15, 0.2) is 29.2 Å². The second-order valence-electron chi connectivity index (χ2n) is 8.17. The van der Waals surface area contributed by atoms with E-state index >= 15 is 0 Å². The van der Waals surface area contributed by atoms with Crippen molar-refractivity contribution in [2.24, 2.45) is 0 Å². The van der Waals surface area contributed by atoms with Crippen molar-refractivity contribution in [2.45, 2.75) is 26.8 Å². The van der Waals surface area contributed by atoms with Gasteiger partial charge in [0.15, 0.2) is 0 Å². The molecule has 0 unspecified atom stereocenters. The van der Waals surface area contributed by atoms with Gasteiger partial charge in [-0.3, -0.25) is 24.3 Å². The number of nitrogens with zero attached hydrogens (tertiary/aromatic N) is 4. The van der Waals surface area contributed by atoms with Crippen molar-refractivity contribution in [1.29, 1.82) is 5.41 Å². The molecule has 0 saturated carbocycles. The molecule has 1 aliphatic heterocycles. The number of hydrogen-bond donors (Lipinski definition) is 2. The Labute approximate surface area is 179 Å². The van der Waals surface area contributed by atoms with Crippen molar-refractivity contribution in [3.05, 3.63) is 51.4 Å². The molecular formula is C22H28N6O3. The normalized spacial score (nSPS) is 15.1. The van der Waals surface area contributed by atoms with E-state index in [1.807, 2.05) is 26.8 Å². The molecule has 3 aromatic heterocycles. The van der Waals surface area contributed by atoms with Gasteiger partial charge in [0, 0.05) is 38.4 Å². The van der Waals surface area contributed by atoms with Crippen molar-refractivity contribution in [3.63, 3.8) is 0 Å². The first kappa shape index (κ1) is 21.2. The van der Waals surface area contributed by atoms with Gasteiger partial charge in [0.25, 0.3) is 11.5 Å². The zero-order chi connectivity index (χ0) is 22.1. The van der Waals surface area contributed by atoms with Crippen molar-refractivity contribution >= 4 is 22.6 Å². The fraction of sp³-hybridized carbons (Fsp3) is 0.455. The SMILES string of the molecule is Cc1ccc2nc3c(cc(C(=O)NCCN4CCOCC4)c(=N)n3C(C)C)c(=O)n2c1. The van der Waals surface area contributed by atoms with Crippen LogP contribution in [0.5, 0.6) is 0 Å². The number of aryl methyl sites for hydroxylation is 1. The zero-order valence-electron chi connectivity index (χ0n) is 18.1. The standard InChI is InChI=1S/C22H28N6O3/c1-14(2)28-19(23)16(21(29)24-6-7-26-8-10-31-11-9-26)12-17-20(28)25-18-5-4-15(3)13-27(18)22(17)30/h4-5,12-14,23H,6-11H2,1-3H3,(H,24,29). The Morgan fingerprint density at radius 2 is 2.03 bits per heavy atom. The highest BCUT2D eigenvalue weighted by Gasteiger charge is 2.19. The molecule has 0 aromatic carbocycles. The molecule has 0 atom stereocenters. The first-order valence-electron chi connectivity index (χ1n) is 10.6. The number of carbonyl (C=O) groups excluding carboxylic acids is 1. The molecule has 3 aromatic rings. The monoisotopic (exact) mass is 424 g/mol. The molecular weight excluding hydrogens is 396 g/mol. The Morgan fingerprint density at radius 3 is 2.74 bits per heavy atom. The van der Waals surface area contributed by atoms with Crippen LogP contribution in [0.4, 0.5) is 0 Å². The molecule has 1 aliphatic rings. The van der Waals surface area contributed by atoms with E-state index in [-0.39, 0.29) is 28.6 Å². The number of carbonyl (C=O) groups is 1. The van der Waals surface area contributed by atoms with Crippen molar-refractivity contribution in [1.82, 2.24) is 24.2 Å². The number of ether oxygens (including phenoxy) is 1. The molecule has 0 bridgehead atoms. The summed E-state index contributed by atoms with van der Waals surface area (Å²) < 4.78 is 8.48. The highest BCUT2D eigenvalue weighted by atomic mass is 16.5. The highest BCUT2D eigenvalue weighted by Crippen LogP contribution is 2.14. The van der Waals surface area contributed by atoms with Crippen LogP contribution in [0.1, 0.15) is 35.8 Å². The van der Waals surface area contributed by atoms with Crippen molar-refractivity contribution in [3.8, 4) is 0 Å². The fourth-order valence-corrected chi connectivity index (χ4v) is 3.93. The Kier molecular flexibility index (Phi) is 5.88. The quantitative estimate of drug-likeness (QED) is 0.597. The molecule has 2 N–H and O–H groups in total. The second-order valence-corrected chi connectivity index (χ2v) is 8.17. The van der Waals surface area contributed by atoms with E-state index in [0.29, 0.717) is 43.0 Å². The molecule has 9 heteroatoms. The van der Waals surface area contributed by atoms with Gasteiger partial charge in [0.05, 0.1) is 24.2 Å². The lowest BCUT2D eigenvalue weighted by molar-refractivity contribution is 0.0383. The van der Waals surface area contributed by atoms with Crippen LogP contribution in [0.25, 0.3) is 16.7 Å². The number of hydrogen-bond acceptors (Lipinski definition) is 6. The third-order valence-corrected chi connectivity index (χ3v) is 5.58. The van der Waals surface area contributed by atoms with Crippen molar-refractivity contribution < 1.29 is 9.53 Å². The minimum atomic E-state index is -0.358. The second kappa shape index (κ2) is 8.60. The topological polar surface area (TPSA) is 105 Å². The van der Waals surface area contributed by atoms with Crippen LogP contribution >= 0.6 is 0 Å². The summed E-state index contributed by atoms with van der Waals surface area (Å²) in [5, 5.41) is 11.9. The molecule has 9 nitrogen and oxygen atoms in total. The van der Waals surface area contributed by atoms with E-state index < -0.39 is 0 Å². The predicted octanol–water partition coefficient (Wildman–Crippen LogP) is 1.08. The van der Waals surface area contributed by atoms with Gasteiger partial charge >= 0.3 is 0 Å². The lowest BCUT2D eigenvalue weighted by Gasteiger charge is -2.26. The maximum absolute atomic E-state index is 13.2. The lowest BCUT2D eigenvalue weighted by atomic mass is 10.1. The van der Waals surface area contributed by atoms with Gasteiger partial charge in [-0.2, -0.15) is 0 Å². The highest BCUT2D eigenvalue weighted by molar-refractivity contribution is 5.96. The van der Waals surface area contributed by atoms with Crippen molar-refractivity contribution in [2.75, 3.05) is 39.4 Å². The minimum absolute atomic E-state index is 0.0507. The van der Waals surface area contributed by atoms with Gasteiger partial charge in [0.1, 0.15) is 16.8 Å². The summed E-state index contributed by atoms with van der Waals surface area (Å²) >= 11 is 0. The van der Waals surface area contributed by atoms with E-state index in [4.69, 9.17) is 10.1 Å². The molecule has 0 spiro atoms. The summed E-state index contributed by atoms with van der Waals surface area (Å²) in [6.07, 6.45) is 1.74. The van der Waals surface area contributed by atoms with Crippen LogP contribution < -0.4 is 16.4 Å². The van der Waals surface area contributed by atoms with E-state index in [9.17, 15) is 9.59 Å². The van der Waals surface area contributed by atoms with E-state index in [1.165, 1.54) is 10.5 Å². The average molecular weight is 425 g/mol. The number of nitrogens with one attached hydrogen (secondary N) is 2. The summed E-state index contributed by atoms with van der Waals surface area (Å²) in [7, 11) is 0. The first-order valence-corrected chi connectivity index (χ1v) is 10.6. The number of amides is 1. The van der Waals surface area contributed by atoms with Gasteiger partial charge in [0.2, 0.25) is 0 Å². The molecule has 4 rings (SSSR count). The summed E-state index contributed by atoms with van der Waals surface area (Å²) in [4.78, 5) is 33.0. The smallest absolute Gasteiger partial charge is 0.267 e. The van der Waals surface area contributed by atoms with E-state index in [2.05, 4.69) is 15.2 Å². The Bertz CT molecular complexity index is 1250. The Balaban J connectivity index is 1.74. The largest absolute Gasteiger partial charge is 0.379 e. The Morgan fingerprint density at radius 1 is 1.29 bits per heavy atom. The third kappa shape index (κ3) is 4.11. The Hall–Kier alpha value is -3.04. The average Bonchev–Trinajstić information content (AvgIpc) is 2.74. The maximum Gasteiger partial charge on any atom is 0.267 e. The first-order chi connectivity index (χ1) is 14.9. The van der Waals surface area contributed by atoms with E-state index in [1.54, 1.807) is 16.8 Å². The fourth-order valence-electron chi connectivity index (χ4n) is 3.93. The zero-order valence-corrected chi connectivity index (χ0v) is 18.1. The molecule has 1 saturated heterocycles. The van der Waals surface area contributed by atoms with Gasteiger partial charge in [-0.05, 0) is 38.5 Å². The molecule has 0 radical (unpaired) electrons. The van der Waals surface area contributed by atoms with Crippen LogP contribution in [0.3, 0.4) is 0 Å². The number of rotatable bonds is 5. The maximum atomic E-state index is 13.2. The molecule has 0 aliphatic carbocycles. The number of fused-ring (bicyclic) bond motifs is 2. The summed E-state index contributed by atoms with van der Waals surface area (Å²) in [6.45, 7) is 10.0. The molecule has 1 amide bonds. The molecule has 1 fully saturated rings. The number of aromatic nitrogens is 3. The summed E-state index contributed by atoms with van der Waals surface area (Å²) in [5.74, 6) is -0.358. The van der Waals surface area contributed by atoms with Gasteiger partial charge in [-0.25, -0.2) is 4.98 Å². The summed E-state index contributed by atoms with van der Waals surface area (Å²) in [6, 6.07) is 5.04. The van der Waals surface area contributed by atoms with E-state index in [0.717, 1.165) is 18.7 Å². The minimum Gasteiger partial charge on any atom is -0.379 e. The van der Waals surface area contributed by atoms with Gasteiger partial charge in [-0.15, -0.1) is 0 Å². The van der Waals surface area contributed by atoms with Crippen LogP contribution in [0.2, 0.25) is 0 Å². The van der Waals surface area contributed by atoms with Gasteiger partial charge in [-0.1, -0.05) is 6.07 Å². The predicted molar refractivity (Wildman–Crippen MR) is 118 cm³/mol. The van der Waals surface area contributed by atoms with Gasteiger partial charge < -0.3 is 14.6 Å². The summed E-state index contributed by atoms with van der Waals surface area (Å²) in [5.41, 5.74) is 1.84.